The van der Waals surface area contributed by atoms with Gasteiger partial charge in [-0.25, -0.2) is 0 Å². The molecule has 0 aliphatic rings. The lowest BCUT2D eigenvalue weighted by molar-refractivity contribution is 0.0893. The fourth-order valence-electron chi connectivity index (χ4n) is 0.948. The summed E-state index contributed by atoms with van der Waals surface area (Å²) in [6, 6.07) is 0. The molecule has 2 nitrogen and oxygen atoms in total. The molecule has 0 aromatic carbocycles. The highest BCUT2D eigenvalue weighted by Crippen LogP contribution is 2.06. The van der Waals surface area contributed by atoms with E-state index in [4.69, 9.17) is 0 Å². The second-order valence-corrected chi connectivity index (χ2v) is 3.47. The first kappa shape index (κ1) is 13.7. The monoisotopic (exact) mass is 207 g/mol. The van der Waals surface area contributed by atoms with Crippen LogP contribution in [0.3, 0.4) is 0 Å². The van der Waals surface area contributed by atoms with Crippen LogP contribution in [-0.4, -0.2) is 23.3 Å². The second-order valence-electron chi connectivity index (χ2n) is 3.47. The van der Waals surface area contributed by atoms with Crippen LogP contribution in [0.15, 0.2) is 48.2 Å². The maximum absolute atomic E-state index is 9.67. The number of rotatable bonds is 5. The van der Waals surface area contributed by atoms with E-state index < -0.39 is 6.23 Å². The number of hydrogen-bond donors (Lipinski definition) is 1. The summed E-state index contributed by atoms with van der Waals surface area (Å²) in [5, 5.41) is 9.67. The Kier molecular flexibility index (Phi) is 6.47. The molecule has 0 fully saturated rings. The van der Waals surface area contributed by atoms with Crippen LogP contribution in [0.2, 0.25) is 0 Å². The standard InChI is InChI=1S/C13H21NO/c1-6-8-13(15)14(5)12(4)10-9-11(3)7-2/h6-10,13,15H,2H2,1,3-5H3/b8-6-,11-9-,12-10+. The summed E-state index contributed by atoms with van der Waals surface area (Å²) in [6.07, 6.45) is 8.74. The third kappa shape index (κ3) is 5.23. The average molecular weight is 207 g/mol. The predicted octanol–water partition coefficient (Wildman–Crippen LogP) is 2.85. The summed E-state index contributed by atoms with van der Waals surface area (Å²) in [5.74, 6) is 0. The van der Waals surface area contributed by atoms with Crippen LogP contribution in [-0.2, 0) is 0 Å². The van der Waals surface area contributed by atoms with Gasteiger partial charge in [0.05, 0.1) is 0 Å². The first-order valence-corrected chi connectivity index (χ1v) is 5.04. The molecule has 0 heterocycles. The van der Waals surface area contributed by atoms with E-state index in [0.717, 1.165) is 11.3 Å². The Bertz CT molecular complexity index is 287. The molecule has 84 valence electrons. The van der Waals surface area contributed by atoms with Crippen LogP contribution < -0.4 is 0 Å². The molecule has 0 aliphatic carbocycles. The van der Waals surface area contributed by atoms with E-state index in [9.17, 15) is 5.11 Å². The zero-order chi connectivity index (χ0) is 11.8. The van der Waals surface area contributed by atoms with Crippen LogP contribution in [0, 0.1) is 0 Å². The van der Waals surface area contributed by atoms with Gasteiger partial charge < -0.3 is 10.0 Å². The maximum Gasteiger partial charge on any atom is 0.145 e. The highest BCUT2D eigenvalue weighted by molar-refractivity contribution is 5.22. The largest absolute Gasteiger partial charge is 0.370 e. The minimum absolute atomic E-state index is 0.566. The zero-order valence-electron chi connectivity index (χ0n) is 10.1. The Labute approximate surface area is 92.9 Å². The van der Waals surface area contributed by atoms with Gasteiger partial charge in [-0.1, -0.05) is 30.4 Å². The van der Waals surface area contributed by atoms with Gasteiger partial charge >= 0.3 is 0 Å². The van der Waals surface area contributed by atoms with E-state index in [1.165, 1.54) is 0 Å². The molecule has 0 radical (unpaired) electrons. The van der Waals surface area contributed by atoms with Crippen LogP contribution >= 0.6 is 0 Å². The number of aliphatic hydroxyl groups is 1. The SMILES string of the molecule is C=C/C(C)=C\C=C(/C)N(C)C(O)/C=C\C. The molecule has 0 bridgehead atoms. The third-order valence-corrected chi connectivity index (χ3v) is 2.23. The quantitative estimate of drug-likeness (QED) is 0.426. The van der Waals surface area contributed by atoms with Gasteiger partial charge in [0, 0.05) is 12.7 Å². The van der Waals surface area contributed by atoms with Crippen molar-refractivity contribution in [3.8, 4) is 0 Å². The van der Waals surface area contributed by atoms with Gasteiger partial charge in [-0.05, 0) is 32.9 Å². The smallest absolute Gasteiger partial charge is 0.145 e. The molecule has 0 aromatic heterocycles. The third-order valence-electron chi connectivity index (χ3n) is 2.23. The minimum atomic E-state index is -0.566. The predicted molar refractivity (Wildman–Crippen MR) is 66.3 cm³/mol. The number of allylic oxidation sites excluding steroid dienone is 6. The van der Waals surface area contributed by atoms with E-state index in [1.54, 1.807) is 17.1 Å². The number of nitrogens with zero attached hydrogens (tertiary/aromatic N) is 1. The molecule has 0 saturated carbocycles. The molecular weight excluding hydrogens is 186 g/mol. The second kappa shape index (κ2) is 7.07. The van der Waals surface area contributed by atoms with E-state index >= 15 is 0 Å². The average Bonchev–Trinajstić information content (AvgIpc) is 2.24. The van der Waals surface area contributed by atoms with Gasteiger partial charge in [0.1, 0.15) is 6.23 Å². The normalized spacial score (nSPS) is 15.5. The van der Waals surface area contributed by atoms with Crippen LogP contribution in [0.25, 0.3) is 0 Å². The fraction of sp³-hybridized carbons (Fsp3) is 0.385. The van der Waals surface area contributed by atoms with Gasteiger partial charge in [-0.15, -0.1) is 0 Å². The van der Waals surface area contributed by atoms with Crippen LogP contribution in [0.5, 0.6) is 0 Å². The number of aliphatic hydroxyl groups excluding tert-OH is 1. The summed E-state index contributed by atoms with van der Waals surface area (Å²) in [5.41, 5.74) is 2.10. The number of likely N-dealkylation sites (N-methyl/N-ethyl adjacent to an activating group) is 1. The lowest BCUT2D eigenvalue weighted by atomic mass is 10.2. The van der Waals surface area contributed by atoms with Crippen molar-refractivity contribution in [1.82, 2.24) is 4.90 Å². The van der Waals surface area contributed by atoms with Crippen molar-refractivity contribution in [2.75, 3.05) is 7.05 Å². The van der Waals surface area contributed by atoms with Gasteiger partial charge in [0.2, 0.25) is 0 Å². The molecule has 0 rings (SSSR count). The highest BCUT2D eigenvalue weighted by Gasteiger charge is 2.05. The zero-order valence-corrected chi connectivity index (χ0v) is 10.1. The molecule has 2 heteroatoms. The van der Waals surface area contributed by atoms with Crippen LogP contribution in [0.1, 0.15) is 20.8 Å². The van der Waals surface area contributed by atoms with Crippen molar-refractivity contribution in [3.63, 3.8) is 0 Å². The van der Waals surface area contributed by atoms with Crippen molar-refractivity contribution in [3.05, 3.63) is 48.2 Å². The van der Waals surface area contributed by atoms with Crippen molar-refractivity contribution >= 4 is 0 Å². The lowest BCUT2D eigenvalue weighted by Crippen LogP contribution is -2.27. The molecule has 0 spiro atoms. The molecule has 0 aliphatic heterocycles. The molecular formula is C13H21NO. The van der Waals surface area contributed by atoms with E-state index in [1.807, 2.05) is 46.0 Å². The Morgan fingerprint density at radius 3 is 2.40 bits per heavy atom. The Morgan fingerprint density at radius 2 is 1.93 bits per heavy atom. The Balaban J connectivity index is 4.56. The summed E-state index contributed by atoms with van der Waals surface area (Å²) in [6.45, 7) is 9.51. The lowest BCUT2D eigenvalue weighted by Gasteiger charge is -2.23. The minimum Gasteiger partial charge on any atom is -0.370 e. The molecule has 1 unspecified atom stereocenters. The molecule has 15 heavy (non-hydrogen) atoms. The fourth-order valence-corrected chi connectivity index (χ4v) is 0.948. The Morgan fingerprint density at radius 1 is 1.33 bits per heavy atom. The van der Waals surface area contributed by atoms with E-state index in [2.05, 4.69) is 6.58 Å². The first-order valence-electron chi connectivity index (χ1n) is 5.04. The highest BCUT2D eigenvalue weighted by atomic mass is 16.3. The Hall–Kier alpha value is -1.28. The van der Waals surface area contributed by atoms with Gasteiger partial charge in [0.15, 0.2) is 0 Å². The van der Waals surface area contributed by atoms with Crippen LogP contribution in [0.4, 0.5) is 0 Å². The van der Waals surface area contributed by atoms with Crippen molar-refractivity contribution in [2.45, 2.75) is 27.0 Å². The van der Waals surface area contributed by atoms with Gasteiger partial charge in [-0.3, -0.25) is 0 Å². The summed E-state index contributed by atoms with van der Waals surface area (Å²) >= 11 is 0. The number of hydrogen-bond acceptors (Lipinski definition) is 2. The molecule has 0 saturated heterocycles. The maximum atomic E-state index is 9.67. The van der Waals surface area contributed by atoms with E-state index in [0.29, 0.717) is 0 Å². The van der Waals surface area contributed by atoms with E-state index in [-0.39, 0.29) is 0 Å². The van der Waals surface area contributed by atoms with Crippen molar-refractivity contribution < 1.29 is 5.11 Å². The summed E-state index contributed by atoms with van der Waals surface area (Å²) < 4.78 is 0. The molecule has 1 atom stereocenters. The molecule has 0 amide bonds. The first-order chi connectivity index (χ1) is 7.02. The molecule has 1 N–H and O–H groups in total. The van der Waals surface area contributed by atoms with Crippen molar-refractivity contribution in [2.24, 2.45) is 0 Å². The van der Waals surface area contributed by atoms with Gasteiger partial charge in [-0.2, -0.15) is 0 Å². The molecule has 0 aromatic rings. The topological polar surface area (TPSA) is 23.5 Å². The van der Waals surface area contributed by atoms with Gasteiger partial charge in [0.25, 0.3) is 0 Å². The summed E-state index contributed by atoms with van der Waals surface area (Å²) in [4.78, 5) is 1.80. The van der Waals surface area contributed by atoms with Crippen molar-refractivity contribution in [1.29, 1.82) is 0 Å². The summed E-state index contributed by atoms with van der Waals surface area (Å²) in [7, 11) is 1.85.